The van der Waals surface area contributed by atoms with Crippen LogP contribution in [0.2, 0.25) is 0 Å². The van der Waals surface area contributed by atoms with E-state index in [4.69, 9.17) is 0 Å². The zero-order valence-electron chi connectivity index (χ0n) is 13.1. The van der Waals surface area contributed by atoms with E-state index in [-0.39, 0.29) is 24.8 Å². The quantitative estimate of drug-likeness (QED) is 0.358. The molecule has 122 valence electrons. The number of allylic oxidation sites excluding steroid dienone is 6. The molecule has 0 amide bonds. The van der Waals surface area contributed by atoms with E-state index in [9.17, 15) is 0 Å². The third kappa shape index (κ3) is 3.70. The van der Waals surface area contributed by atoms with E-state index in [0.29, 0.717) is 6.04 Å². The number of hydrogen-bond donors (Lipinski definition) is 0. The monoisotopic (exact) mass is 545 g/mol. The summed E-state index contributed by atoms with van der Waals surface area (Å²) in [6.45, 7) is 2.22. The van der Waals surface area contributed by atoms with Crippen molar-refractivity contribution in [2.24, 2.45) is 0 Å². The van der Waals surface area contributed by atoms with Crippen molar-refractivity contribution >= 4 is 28.3 Å². The minimum atomic E-state index is -0.686. The first-order valence-electron chi connectivity index (χ1n) is 7.51. The molecule has 1 unspecified atom stereocenters. The molecule has 0 radical (unpaired) electrons. The van der Waals surface area contributed by atoms with Crippen LogP contribution >= 0.6 is 22.6 Å². The van der Waals surface area contributed by atoms with Gasteiger partial charge < -0.3 is 24.8 Å². The van der Waals surface area contributed by atoms with Gasteiger partial charge >= 0.3 is 158 Å². The van der Waals surface area contributed by atoms with E-state index in [1.54, 1.807) is 12.1 Å². The molecule has 0 saturated carbocycles. The Kier molecular flexibility index (Phi) is 7.19. The molecule has 0 N–H and O–H groups in total. The molecule has 2 aliphatic carbocycles. The van der Waals surface area contributed by atoms with E-state index < -0.39 is 23.2 Å². The van der Waals surface area contributed by atoms with Gasteiger partial charge in [-0.25, -0.2) is 0 Å². The number of halogens is 3. The minimum absolute atomic E-state index is 0. The Labute approximate surface area is 181 Å². The maximum absolute atomic E-state index is 2.57. The van der Waals surface area contributed by atoms with Crippen LogP contribution in [0.25, 0.3) is 0 Å². The van der Waals surface area contributed by atoms with Crippen LogP contribution < -0.4 is 29.7 Å². The molecule has 1 aromatic carbocycles. The zero-order valence-corrected chi connectivity index (χ0v) is 19.3. The van der Waals surface area contributed by atoms with Gasteiger partial charge in [-0.05, 0) is 0 Å². The second-order valence-electron chi connectivity index (χ2n) is 5.78. The van der Waals surface area contributed by atoms with Crippen LogP contribution in [0.5, 0.6) is 0 Å². The number of para-hydroxylation sites is 1. The van der Waals surface area contributed by atoms with Gasteiger partial charge in [0.25, 0.3) is 0 Å². The topological polar surface area (TPSA) is 3.24 Å². The summed E-state index contributed by atoms with van der Waals surface area (Å²) in [5.41, 5.74) is 4.27. The standard InChI is InChI=1S/C14H11IN.C5H5.2ClH.Zr/c1-10-7-11-9-14(15)16(13(11)8-10)12-5-3-2-4-6-12;1-2-4-5-3-1;;;/h2-8,13H,1H3;1-3H,4H2;2*1H;/q;;;;+2/p-2. The molecule has 1 heterocycles. The van der Waals surface area contributed by atoms with Gasteiger partial charge in [0.1, 0.15) is 0 Å². The van der Waals surface area contributed by atoms with E-state index in [0.717, 1.165) is 0 Å². The summed E-state index contributed by atoms with van der Waals surface area (Å²) < 4.78 is 4.80. The van der Waals surface area contributed by atoms with Crippen molar-refractivity contribution in [3.8, 4) is 0 Å². The number of nitrogens with zero attached hydrogens (tertiary/aromatic N) is 1. The van der Waals surface area contributed by atoms with Crippen molar-refractivity contribution in [2.45, 2.75) is 19.4 Å². The smallest absolute Gasteiger partial charge is 1.00 e. The van der Waals surface area contributed by atoms with Gasteiger partial charge in [0.15, 0.2) is 0 Å². The van der Waals surface area contributed by atoms with Gasteiger partial charge in [-0.15, -0.1) is 0 Å². The first kappa shape index (κ1) is 20.2. The molecule has 1 aliphatic heterocycles. The molecule has 1 aromatic rings. The van der Waals surface area contributed by atoms with Crippen LogP contribution in [0.15, 0.2) is 82.1 Å². The molecule has 0 bridgehead atoms. The second kappa shape index (κ2) is 8.53. The SMILES string of the molecule is CC1=CC2C(=C1)[C]([Zr+2][C]1=CC=CC1)=C(I)N2c1ccccc1.[Cl-].[Cl-]. The number of anilines is 1. The van der Waals surface area contributed by atoms with Crippen LogP contribution in [0.1, 0.15) is 13.3 Å². The normalized spacial score (nSPS) is 20.7. The van der Waals surface area contributed by atoms with E-state index in [1.807, 2.05) is 0 Å². The largest absolute Gasteiger partial charge is 1.00 e. The predicted octanol–water partition coefficient (Wildman–Crippen LogP) is -0.700. The summed E-state index contributed by atoms with van der Waals surface area (Å²) in [5, 5.41) is 0. The molecule has 1 nitrogen and oxygen atoms in total. The van der Waals surface area contributed by atoms with E-state index in [1.165, 1.54) is 21.4 Å². The molecule has 0 saturated heterocycles. The van der Waals surface area contributed by atoms with Gasteiger partial charge in [0.05, 0.1) is 0 Å². The van der Waals surface area contributed by atoms with Gasteiger partial charge in [-0.3, -0.25) is 0 Å². The molecular weight excluding hydrogens is 531 g/mol. The summed E-state index contributed by atoms with van der Waals surface area (Å²) in [4.78, 5) is 2.52. The molecule has 1 atom stereocenters. The fourth-order valence-electron chi connectivity index (χ4n) is 3.20. The Hall–Kier alpha value is -0.0869. The third-order valence-electron chi connectivity index (χ3n) is 4.20. The number of benzene rings is 1. The average Bonchev–Trinajstić information content (AvgIpc) is 3.20. The van der Waals surface area contributed by atoms with Gasteiger partial charge in [-0.1, -0.05) is 0 Å². The molecule has 5 heteroatoms. The predicted molar refractivity (Wildman–Crippen MR) is 97.4 cm³/mol. The number of hydrogen-bond acceptors (Lipinski definition) is 1. The average molecular weight is 547 g/mol. The minimum Gasteiger partial charge on any atom is -1.00 e. The van der Waals surface area contributed by atoms with Crippen molar-refractivity contribution in [3.63, 3.8) is 0 Å². The second-order valence-corrected chi connectivity index (χ2v) is 10.2. The molecule has 0 fully saturated rings. The Morgan fingerprint density at radius 2 is 1.92 bits per heavy atom. The summed E-state index contributed by atoms with van der Waals surface area (Å²) >= 11 is 1.88. The molecule has 3 aliphatic rings. The number of rotatable bonds is 3. The Balaban J connectivity index is 0.00000104. The summed E-state index contributed by atoms with van der Waals surface area (Å²) in [6.07, 6.45) is 12.9. The Morgan fingerprint density at radius 1 is 1.17 bits per heavy atom. The van der Waals surface area contributed by atoms with E-state index >= 15 is 0 Å². The summed E-state index contributed by atoms with van der Waals surface area (Å²) in [6, 6.07) is 11.2. The zero-order chi connectivity index (χ0) is 15.1. The maximum Gasteiger partial charge on any atom is -1.00 e. The first-order valence-corrected chi connectivity index (χ1v) is 11.0. The van der Waals surface area contributed by atoms with Crippen LogP contribution in [0.4, 0.5) is 5.69 Å². The van der Waals surface area contributed by atoms with Crippen molar-refractivity contribution < 1.29 is 48.0 Å². The first-order chi connectivity index (χ1) is 10.7. The van der Waals surface area contributed by atoms with Crippen LogP contribution in [0, 0.1) is 0 Å². The van der Waals surface area contributed by atoms with Gasteiger partial charge in [0, 0.05) is 0 Å². The molecular formula is C19H16Cl2INZr. The van der Waals surface area contributed by atoms with Crippen molar-refractivity contribution in [1.82, 2.24) is 0 Å². The molecule has 24 heavy (non-hydrogen) atoms. The van der Waals surface area contributed by atoms with Gasteiger partial charge in [-0.2, -0.15) is 0 Å². The third-order valence-corrected chi connectivity index (χ3v) is 10.1. The Bertz CT molecular complexity index is 778. The fourth-order valence-corrected chi connectivity index (χ4v) is 8.10. The number of fused-ring (bicyclic) bond motifs is 1. The van der Waals surface area contributed by atoms with Crippen LogP contribution in [-0.2, 0) is 23.2 Å². The van der Waals surface area contributed by atoms with Crippen LogP contribution in [-0.4, -0.2) is 6.04 Å². The Morgan fingerprint density at radius 3 is 2.58 bits per heavy atom. The molecule has 4 rings (SSSR count). The van der Waals surface area contributed by atoms with Crippen molar-refractivity contribution in [3.05, 3.63) is 82.1 Å². The van der Waals surface area contributed by atoms with Crippen molar-refractivity contribution in [2.75, 3.05) is 4.90 Å². The summed E-state index contributed by atoms with van der Waals surface area (Å²) in [7, 11) is 0. The van der Waals surface area contributed by atoms with E-state index in [2.05, 4.69) is 95.1 Å². The maximum atomic E-state index is 2.57. The molecule has 0 aromatic heterocycles. The van der Waals surface area contributed by atoms with Gasteiger partial charge in [0.2, 0.25) is 0 Å². The van der Waals surface area contributed by atoms with Crippen molar-refractivity contribution in [1.29, 1.82) is 0 Å². The summed E-state index contributed by atoms with van der Waals surface area (Å²) in [5.74, 6) is 0. The molecule has 0 spiro atoms. The van der Waals surface area contributed by atoms with Crippen LogP contribution in [0.3, 0.4) is 0 Å². The fraction of sp³-hybridized carbons (Fsp3) is 0.158.